The first-order valence-corrected chi connectivity index (χ1v) is 9.91. The van der Waals surface area contributed by atoms with Gasteiger partial charge in [-0.2, -0.15) is 0 Å². The van der Waals surface area contributed by atoms with Gasteiger partial charge in [-0.1, -0.05) is 25.1 Å². The van der Waals surface area contributed by atoms with E-state index in [0.717, 1.165) is 17.0 Å². The van der Waals surface area contributed by atoms with Crippen LogP contribution in [0.3, 0.4) is 0 Å². The van der Waals surface area contributed by atoms with Gasteiger partial charge < -0.3 is 4.74 Å². The average Bonchev–Trinajstić information content (AvgIpc) is 3.21. The number of rotatable bonds is 6. The summed E-state index contributed by atoms with van der Waals surface area (Å²) >= 11 is 1.25. The molecule has 24 heavy (non-hydrogen) atoms. The van der Waals surface area contributed by atoms with Gasteiger partial charge in [0.2, 0.25) is 10.0 Å². The van der Waals surface area contributed by atoms with Gasteiger partial charge in [0, 0.05) is 17.1 Å². The van der Waals surface area contributed by atoms with Gasteiger partial charge in [-0.05, 0) is 30.7 Å². The summed E-state index contributed by atoms with van der Waals surface area (Å²) in [7, 11) is -3.58. The number of nitrogens with zero attached hydrogens (tertiary/aromatic N) is 1. The Labute approximate surface area is 145 Å². The number of anilines is 1. The first-order valence-electron chi connectivity index (χ1n) is 7.61. The summed E-state index contributed by atoms with van der Waals surface area (Å²) in [6, 6.07) is 12.6. The van der Waals surface area contributed by atoms with Crippen LogP contribution in [0.5, 0.6) is 0 Å². The van der Waals surface area contributed by atoms with Gasteiger partial charge in [0.1, 0.15) is 10.3 Å². The zero-order valence-electron chi connectivity index (χ0n) is 13.1. The number of hydrogen-bond acceptors (Lipinski definition) is 5. The van der Waals surface area contributed by atoms with E-state index >= 15 is 0 Å². The number of amides is 1. The maximum Gasteiger partial charge on any atom is 0.414 e. The largest absolute Gasteiger partial charge is 0.443 e. The summed E-state index contributed by atoms with van der Waals surface area (Å²) in [6.07, 6.45) is -0.181. The minimum atomic E-state index is -3.58. The van der Waals surface area contributed by atoms with Gasteiger partial charge in [0.05, 0.1) is 6.54 Å². The maximum atomic E-state index is 12.3. The molecule has 1 saturated heterocycles. The first-order chi connectivity index (χ1) is 11.5. The van der Waals surface area contributed by atoms with E-state index in [0.29, 0.717) is 6.54 Å². The lowest BCUT2D eigenvalue weighted by Gasteiger charge is -2.12. The van der Waals surface area contributed by atoms with Gasteiger partial charge in [-0.25, -0.2) is 17.9 Å². The third kappa shape index (κ3) is 3.61. The Morgan fingerprint density at radius 2 is 2.00 bits per heavy atom. The molecule has 1 unspecified atom stereocenters. The van der Waals surface area contributed by atoms with E-state index in [9.17, 15) is 13.2 Å². The second-order valence-corrected chi connectivity index (χ2v) is 8.54. The Kier molecular flexibility index (Phi) is 4.88. The van der Waals surface area contributed by atoms with Crippen molar-refractivity contribution in [1.29, 1.82) is 0 Å². The monoisotopic (exact) mass is 366 g/mol. The van der Waals surface area contributed by atoms with E-state index in [2.05, 4.69) is 4.72 Å². The van der Waals surface area contributed by atoms with Crippen LogP contribution in [-0.2, 0) is 21.2 Å². The van der Waals surface area contributed by atoms with Crippen molar-refractivity contribution in [3.05, 3.63) is 47.3 Å². The molecule has 1 amide bonds. The smallest absolute Gasteiger partial charge is 0.414 e. The predicted molar refractivity (Wildman–Crippen MR) is 92.9 cm³/mol. The third-order valence-corrected chi connectivity index (χ3v) is 6.84. The number of para-hydroxylation sites is 1. The van der Waals surface area contributed by atoms with Crippen molar-refractivity contribution in [1.82, 2.24) is 4.72 Å². The second kappa shape index (κ2) is 6.92. The molecule has 0 radical (unpaired) electrons. The van der Waals surface area contributed by atoms with Gasteiger partial charge in [-0.15, -0.1) is 11.3 Å². The normalized spacial score (nSPS) is 18.0. The van der Waals surface area contributed by atoms with Gasteiger partial charge in [0.25, 0.3) is 0 Å². The molecule has 1 N–H and O–H groups in total. The maximum absolute atomic E-state index is 12.3. The molecule has 0 aliphatic carbocycles. The molecule has 0 saturated carbocycles. The lowest BCUT2D eigenvalue weighted by Crippen LogP contribution is -2.34. The highest BCUT2D eigenvalue weighted by Crippen LogP contribution is 2.23. The van der Waals surface area contributed by atoms with Crippen molar-refractivity contribution in [2.75, 3.05) is 18.0 Å². The van der Waals surface area contributed by atoms with E-state index in [1.807, 2.05) is 43.3 Å². The Bertz CT molecular complexity index is 818. The Morgan fingerprint density at radius 3 is 2.67 bits per heavy atom. The van der Waals surface area contributed by atoms with Crippen LogP contribution in [0.1, 0.15) is 11.8 Å². The van der Waals surface area contributed by atoms with Crippen LogP contribution in [-0.4, -0.2) is 33.7 Å². The summed E-state index contributed by atoms with van der Waals surface area (Å²) in [5, 5.41) is 0. The Balaban J connectivity index is 1.62. The van der Waals surface area contributed by atoms with Crippen molar-refractivity contribution < 1.29 is 17.9 Å². The second-order valence-electron chi connectivity index (χ2n) is 5.38. The zero-order valence-corrected chi connectivity index (χ0v) is 14.8. The predicted octanol–water partition coefficient (Wildman–Crippen LogP) is 2.61. The molecule has 0 spiro atoms. The van der Waals surface area contributed by atoms with Crippen molar-refractivity contribution >= 4 is 33.1 Å². The third-order valence-electron chi connectivity index (χ3n) is 3.69. The van der Waals surface area contributed by atoms with Crippen LogP contribution in [0.2, 0.25) is 0 Å². The molecule has 6 nitrogen and oxygen atoms in total. The van der Waals surface area contributed by atoms with Crippen LogP contribution < -0.4 is 9.62 Å². The van der Waals surface area contributed by atoms with E-state index < -0.39 is 22.2 Å². The van der Waals surface area contributed by atoms with Crippen LogP contribution in [0.15, 0.2) is 46.7 Å². The van der Waals surface area contributed by atoms with Gasteiger partial charge in [-0.3, -0.25) is 4.90 Å². The highest BCUT2D eigenvalue weighted by Gasteiger charge is 2.33. The summed E-state index contributed by atoms with van der Waals surface area (Å²) < 4.78 is 32.6. The molecule has 1 aliphatic heterocycles. The lowest BCUT2D eigenvalue weighted by atomic mass is 10.3. The molecular formula is C16H18N2O4S2. The Hall–Kier alpha value is -1.90. The standard InChI is InChI=1S/C16H18N2O4S2/c1-2-14-8-9-15(23-14)24(20,21)17-10-13-11-18(16(19)22-13)12-6-4-3-5-7-12/h3-9,13,17H,2,10-11H2,1H3. The van der Waals surface area contributed by atoms with Crippen LogP contribution >= 0.6 is 11.3 Å². The van der Waals surface area contributed by atoms with Crippen molar-refractivity contribution in [2.24, 2.45) is 0 Å². The average molecular weight is 366 g/mol. The van der Waals surface area contributed by atoms with E-state index in [-0.39, 0.29) is 10.8 Å². The fourth-order valence-electron chi connectivity index (χ4n) is 2.41. The SMILES string of the molecule is CCc1ccc(S(=O)(=O)NCC2CN(c3ccccc3)C(=O)O2)s1. The number of carbonyl (C=O) groups is 1. The molecule has 1 aromatic heterocycles. The number of cyclic esters (lactones) is 1. The fourth-order valence-corrected chi connectivity index (χ4v) is 4.82. The number of aryl methyl sites for hydroxylation is 1. The quantitative estimate of drug-likeness (QED) is 0.853. The number of hydrogen-bond donors (Lipinski definition) is 1. The van der Waals surface area contributed by atoms with Crippen molar-refractivity contribution in [3.63, 3.8) is 0 Å². The topological polar surface area (TPSA) is 75.7 Å². The molecular weight excluding hydrogens is 348 g/mol. The first kappa shape index (κ1) is 16.9. The van der Waals surface area contributed by atoms with E-state index in [1.165, 1.54) is 16.2 Å². The Morgan fingerprint density at radius 1 is 1.25 bits per heavy atom. The molecule has 1 atom stereocenters. The molecule has 2 heterocycles. The minimum absolute atomic E-state index is 0.0523. The summed E-state index contributed by atoms with van der Waals surface area (Å²) in [4.78, 5) is 14.5. The van der Waals surface area contributed by atoms with Crippen molar-refractivity contribution in [2.45, 2.75) is 23.7 Å². The molecule has 0 bridgehead atoms. The van der Waals surface area contributed by atoms with Crippen LogP contribution in [0.25, 0.3) is 0 Å². The molecule has 128 valence electrons. The number of ether oxygens (including phenoxy) is 1. The number of thiophene rings is 1. The molecule has 3 rings (SSSR count). The van der Waals surface area contributed by atoms with E-state index in [4.69, 9.17) is 4.74 Å². The number of benzene rings is 1. The molecule has 2 aromatic rings. The highest BCUT2D eigenvalue weighted by molar-refractivity contribution is 7.91. The molecule has 8 heteroatoms. The summed E-state index contributed by atoms with van der Waals surface area (Å²) in [5.74, 6) is 0. The number of nitrogens with one attached hydrogen (secondary N) is 1. The molecule has 1 aromatic carbocycles. The summed E-state index contributed by atoms with van der Waals surface area (Å²) in [6.45, 7) is 2.35. The zero-order chi connectivity index (χ0) is 17.2. The summed E-state index contributed by atoms with van der Waals surface area (Å²) in [5.41, 5.74) is 0.735. The lowest BCUT2D eigenvalue weighted by molar-refractivity contribution is 0.143. The number of sulfonamides is 1. The number of carbonyl (C=O) groups excluding carboxylic acids is 1. The van der Waals surface area contributed by atoms with E-state index in [1.54, 1.807) is 6.07 Å². The fraction of sp³-hybridized carbons (Fsp3) is 0.312. The van der Waals surface area contributed by atoms with Gasteiger partial charge in [0.15, 0.2) is 0 Å². The molecule has 1 aliphatic rings. The van der Waals surface area contributed by atoms with Gasteiger partial charge >= 0.3 is 6.09 Å². The van der Waals surface area contributed by atoms with Crippen LogP contribution in [0, 0.1) is 0 Å². The molecule has 1 fully saturated rings. The van der Waals surface area contributed by atoms with Crippen molar-refractivity contribution in [3.8, 4) is 0 Å². The minimum Gasteiger partial charge on any atom is -0.443 e. The highest BCUT2D eigenvalue weighted by atomic mass is 32.2. The van der Waals surface area contributed by atoms with Crippen LogP contribution in [0.4, 0.5) is 10.5 Å².